The van der Waals surface area contributed by atoms with Crippen molar-refractivity contribution in [1.82, 2.24) is 4.57 Å². The number of rotatable bonds is 3. The number of halogens is 1. The molecule has 20 heavy (non-hydrogen) atoms. The normalized spacial score (nSPS) is 10.9. The van der Waals surface area contributed by atoms with Crippen molar-refractivity contribution in [3.8, 4) is 11.5 Å². The third kappa shape index (κ3) is 2.20. The topological polar surface area (TPSA) is 34.4 Å². The Morgan fingerprint density at radius 3 is 2.70 bits per heavy atom. The third-order valence-corrected chi connectivity index (χ3v) is 3.35. The van der Waals surface area contributed by atoms with Crippen molar-refractivity contribution < 1.29 is 14.2 Å². The van der Waals surface area contributed by atoms with Gasteiger partial charge in [0.1, 0.15) is 23.9 Å². The van der Waals surface area contributed by atoms with E-state index in [-0.39, 0.29) is 11.6 Å². The van der Waals surface area contributed by atoms with E-state index in [0.717, 1.165) is 16.6 Å². The largest absolute Gasteiger partial charge is 0.507 e. The Bertz CT molecular complexity index is 764. The van der Waals surface area contributed by atoms with Crippen molar-refractivity contribution in [1.29, 1.82) is 0 Å². The van der Waals surface area contributed by atoms with Gasteiger partial charge in [0.15, 0.2) is 0 Å². The first kappa shape index (κ1) is 12.5. The van der Waals surface area contributed by atoms with Gasteiger partial charge < -0.3 is 14.4 Å². The van der Waals surface area contributed by atoms with Crippen molar-refractivity contribution in [2.75, 3.05) is 0 Å². The highest BCUT2D eigenvalue weighted by molar-refractivity contribution is 5.87. The smallest absolute Gasteiger partial charge is 0.128 e. The van der Waals surface area contributed by atoms with Gasteiger partial charge in [-0.25, -0.2) is 4.39 Å². The van der Waals surface area contributed by atoms with Gasteiger partial charge in [0.25, 0.3) is 0 Å². The maximum absolute atomic E-state index is 13.1. The molecule has 0 spiro atoms. The molecule has 4 heteroatoms. The Morgan fingerprint density at radius 2 is 1.95 bits per heavy atom. The predicted molar refractivity (Wildman–Crippen MR) is 75.3 cm³/mol. The third-order valence-electron chi connectivity index (χ3n) is 3.35. The molecular weight excluding hydrogens is 257 g/mol. The number of phenolic OH excluding ortho intramolecular Hbond substituents is 1. The zero-order chi connectivity index (χ0) is 14.1. The standard InChI is InChI=1S/C16H14FNO2/c1-18-12(9-14-15(18)6-3-7-16(14)19)10-20-13-5-2-4-11(17)8-13/h2-9,19H,10H2,1H3. The zero-order valence-corrected chi connectivity index (χ0v) is 11.0. The fourth-order valence-electron chi connectivity index (χ4n) is 2.25. The van der Waals surface area contributed by atoms with E-state index in [4.69, 9.17) is 4.74 Å². The van der Waals surface area contributed by atoms with Gasteiger partial charge in [0, 0.05) is 18.5 Å². The highest BCUT2D eigenvalue weighted by Crippen LogP contribution is 2.27. The van der Waals surface area contributed by atoms with Crippen LogP contribution in [0.1, 0.15) is 5.69 Å². The molecule has 2 aromatic carbocycles. The molecule has 0 aliphatic carbocycles. The predicted octanol–water partition coefficient (Wildman–Crippen LogP) is 3.60. The fourth-order valence-corrected chi connectivity index (χ4v) is 2.25. The van der Waals surface area contributed by atoms with E-state index >= 15 is 0 Å². The van der Waals surface area contributed by atoms with Gasteiger partial charge in [-0.3, -0.25) is 0 Å². The summed E-state index contributed by atoms with van der Waals surface area (Å²) in [5.41, 5.74) is 1.84. The number of aryl methyl sites for hydroxylation is 1. The second kappa shape index (κ2) is 4.89. The number of phenols is 1. The summed E-state index contributed by atoms with van der Waals surface area (Å²) in [6.07, 6.45) is 0. The molecule has 0 aliphatic heterocycles. The Kier molecular flexibility index (Phi) is 3.06. The van der Waals surface area contributed by atoms with E-state index < -0.39 is 0 Å². The molecule has 0 unspecified atom stereocenters. The van der Waals surface area contributed by atoms with Gasteiger partial charge in [-0.2, -0.15) is 0 Å². The number of hydrogen-bond donors (Lipinski definition) is 1. The van der Waals surface area contributed by atoms with Crippen LogP contribution in [-0.4, -0.2) is 9.67 Å². The number of aromatic nitrogens is 1. The average Bonchev–Trinajstić information content (AvgIpc) is 2.75. The highest BCUT2D eigenvalue weighted by atomic mass is 19.1. The molecule has 0 saturated carbocycles. The number of hydrogen-bond acceptors (Lipinski definition) is 2. The number of aromatic hydroxyl groups is 1. The average molecular weight is 271 g/mol. The molecule has 0 aliphatic rings. The van der Waals surface area contributed by atoms with Gasteiger partial charge in [0.2, 0.25) is 0 Å². The number of fused-ring (bicyclic) bond motifs is 1. The van der Waals surface area contributed by atoms with Crippen LogP contribution in [0.25, 0.3) is 10.9 Å². The first-order chi connectivity index (χ1) is 9.65. The van der Waals surface area contributed by atoms with Crippen LogP contribution in [0, 0.1) is 5.82 Å². The highest BCUT2D eigenvalue weighted by Gasteiger charge is 2.09. The van der Waals surface area contributed by atoms with E-state index in [9.17, 15) is 9.50 Å². The van der Waals surface area contributed by atoms with Crippen molar-refractivity contribution in [2.24, 2.45) is 7.05 Å². The van der Waals surface area contributed by atoms with Gasteiger partial charge in [-0.15, -0.1) is 0 Å². The van der Waals surface area contributed by atoms with Crippen LogP contribution in [-0.2, 0) is 13.7 Å². The Morgan fingerprint density at radius 1 is 1.15 bits per heavy atom. The monoisotopic (exact) mass is 271 g/mol. The van der Waals surface area contributed by atoms with Crippen molar-refractivity contribution in [3.63, 3.8) is 0 Å². The first-order valence-corrected chi connectivity index (χ1v) is 6.30. The van der Waals surface area contributed by atoms with Crippen molar-refractivity contribution >= 4 is 10.9 Å². The van der Waals surface area contributed by atoms with E-state index in [1.807, 2.05) is 23.7 Å². The molecule has 0 fully saturated rings. The Balaban J connectivity index is 1.88. The van der Waals surface area contributed by atoms with E-state index in [2.05, 4.69) is 0 Å². The molecular formula is C16H14FNO2. The molecule has 0 amide bonds. The van der Waals surface area contributed by atoms with Crippen LogP contribution < -0.4 is 4.74 Å². The van der Waals surface area contributed by atoms with Crippen LogP contribution >= 0.6 is 0 Å². The number of ether oxygens (including phenoxy) is 1. The van der Waals surface area contributed by atoms with Crippen LogP contribution in [0.2, 0.25) is 0 Å². The summed E-state index contributed by atoms with van der Waals surface area (Å²) < 4.78 is 20.6. The molecule has 0 saturated heterocycles. The summed E-state index contributed by atoms with van der Waals surface area (Å²) in [7, 11) is 1.91. The fraction of sp³-hybridized carbons (Fsp3) is 0.125. The van der Waals surface area contributed by atoms with Gasteiger partial charge in [-0.05, 0) is 30.3 Å². The molecule has 3 rings (SSSR count). The van der Waals surface area contributed by atoms with Gasteiger partial charge in [0.05, 0.1) is 11.2 Å². The molecule has 0 bridgehead atoms. The van der Waals surface area contributed by atoms with E-state index in [1.54, 1.807) is 24.3 Å². The molecule has 0 radical (unpaired) electrons. The SMILES string of the molecule is Cn1c(COc2cccc(F)c2)cc2c(O)cccc21. The second-order valence-corrected chi connectivity index (χ2v) is 4.65. The minimum atomic E-state index is -0.322. The Labute approximate surface area is 115 Å². The second-order valence-electron chi connectivity index (χ2n) is 4.65. The van der Waals surface area contributed by atoms with Crippen LogP contribution in [0.4, 0.5) is 4.39 Å². The lowest BCUT2D eigenvalue weighted by atomic mass is 10.2. The van der Waals surface area contributed by atoms with Gasteiger partial charge >= 0.3 is 0 Å². The molecule has 102 valence electrons. The van der Waals surface area contributed by atoms with E-state index in [0.29, 0.717) is 12.4 Å². The number of nitrogens with zero attached hydrogens (tertiary/aromatic N) is 1. The molecule has 1 heterocycles. The lowest BCUT2D eigenvalue weighted by Crippen LogP contribution is -2.01. The summed E-state index contributed by atoms with van der Waals surface area (Å²) in [6, 6.07) is 13.3. The lowest BCUT2D eigenvalue weighted by molar-refractivity contribution is 0.296. The first-order valence-electron chi connectivity index (χ1n) is 6.30. The quantitative estimate of drug-likeness (QED) is 0.789. The molecule has 0 atom stereocenters. The minimum Gasteiger partial charge on any atom is -0.507 e. The van der Waals surface area contributed by atoms with E-state index in [1.165, 1.54) is 12.1 Å². The molecule has 3 aromatic rings. The van der Waals surface area contributed by atoms with Gasteiger partial charge in [-0.1, -0.05) is 12.1 Å². The zero-order valence-electron chi connectivity index (χ0n) is 11.0. The molecule has 1 aromatic heterocycles. The van der Waals surface area contributed by atoms with Crippen LogP contribution in [0.3, 0.4) is 0 Å². The number of benzene rings is 2. The van der Waals surface area contributed by atoms with Crippen molar-refractivity contribution in [2.45, 2.75) is 6.61 Å². The Hall–Kier alpha value is -2.49. The minimum absolute atomic E-state index is 0.245. The lowest BCUT2D eigenvalue weighted by Gasteiger charge is -2.07. The molecule has 3 nitrogen and oxygen atoms in total. The maximum Gasteiger partial charge on any atom is 0.128 e. The summed E-state index contributed by atoms with van der Waals surface area (Å²) in [4.78, 5) is 0. The molecule has 1 N–H and O–H groups in total. The van der Waals surface area contributed by atoms with Crippen LogP contribution in [0.15, 0.2) is 48.5 Å². The summed E-state index contributed by atoms with van der Waals surface area (Å²) in [6.45, 7) is 0.314. The summed E-state index contributed by atoms with van der Waals surface area (Å²) in [5.74, 6) is 0.409. The summed E-state index contributed by atoms with van der Waals surface area (Å²) in [5, 5.41) is 10.6. The summed E-state index contributed by atoms with van der Waals surface area (Å²) >= 11 is 0. The van der Waals surface area contributed by atoms with Crippen molar-refractivity contribution in [3.05, 3.63) is 60.0 Å². The van der Waals surface area contributed by atoms with Crippen LogP contribution in [0.5, 0.6) is 11.5 Å². The maximum atomic E-state index is 13.1.